The maximum atomic E-state index is 15.7. The van der Waals surface area contributed by atoms with Crippen molar-refractivity contribution in [2.24, 2.45) is 13.0 Å². The van der Waals surface area contributed by atoms with Crippen LogP contribution in [0.25, 0.3) is 11.2 Å². The first-order chi connectivity index (χ1) is 18.7. The van der Waals surface area contributed by atoms with Gasteiger partial charge in [-0.3, -0.25) is 9.48 Å². The monoisotopic (exact) mass is 534 g/mol. The molecule has 1 amide bonds. The van der Waals surface area contributed by atoms with Crippen molar-refractivity contribution < 1.29 is 18.7 Å². The minimum atomic E-state index is -0.451. The summed E-state index contributed by atoms with van der Waals surface area (Å²) in [6.45, 7) is 7.05. The minimum Gasteiger partial charge on any atom is -0.455 e. The molecule has 0 radical (unpaired) electrons. The number of nitrogens with zero attached hydrogens (tertiary/aromatic N) is 6. The molecule has 0 bridgehead atoms. The average Bonchev–Trinajstić information content (AvgIpc) is 3.37. The van der Waals surface area contributed by atoms with Gasteiger partial charge in [-0.25, -0.2) is 14.4 Å². The Balaban J connectivity index is 1.25. The van der Waals surface area contributed by atoms with Gasteiger partial charge in [-0.1, -0.05) is 20.8 Å². The number of hydrogen-bond donors (Lipinski definition) is 2. The Morgan fingerprint density at radius 3 is 2.72 bits per heavy atom. The molecule has 0 aromatic carbocycles. The summed E-state index contributed by atoms with van der Waals surface area (Å²) in [7, 11) is 1.81. The van der Waals surface area contributed by atoms with E-state index in [1.807, 2.05) is 27.8 Å². The van der Waals surface area contributed by atoms with Crippen LogP contribution < -0.4 is 15.4 Å². The van der Waals surface area contributed by atoms with Crippen molar-refractivity contribution in [3.63, 3.8) is 0 Å². The van der Waals surface area contributed by atoms with Gasteiger partial charge < -0.3 is 24.7 Å². The predicted octanol–water partition coefficient (Wildman–Crippen LogP) is 4.84. The van der Waals surface area contributed by atoms with E-state index >= 15 is 4.39 Å². The maximum absolute atomic E-state index is 15.7. The molecule has 1 saturated carbocycles. The van der Waals surface area contributed by atoms with Crippen molar-refractivity contribution in [3.8, 4) is 11.5 Å². The van der Waals surface area contributed by atoms with Crippen molar-refractivity contribution in [1.82, 2.24) is 29.3 Å². The number of nitrogens with one attached hydrogen (secondary N) is 2. The molecule has 2 aliphatic rings. The van der Waals surface area contributed by atoms with Crippen LogP contribution in [0.1, 0.15) is 51.8 Å². The van der Waals surface area contributed by atoms with E-state index in [1.165, 1.54) is 0 Å². The van der Waals surface area contributed by atoms with Gasteiger partial charge in [0.15, 0.2) is 17.3 Å². The van der Waals surface area contributed by atoms with Gasteiger partial charge in [-0.2, -0.15) is 10.1 Å². The third kappa shape index (κ3) is 5.03. The number of fused-ring (bicyclic) bond motifs is 1. The Morgan fingerprint density at radius 1 is 1.18 bits per heavy atom. The molecule has 12 heteroatoms. The van der Waals surface area contributed by atoms with Crippen LogP contribution in [-0.2, 0) is 22.0 Å². The van der Waals surface area contributed by atoms with E-state index < -0.39 is 11.2 Å². The number of rotatable bonds is 7. The van der Waals surface area contributed by atoms with Crippen LogP contribution in [0.15, 0.2) is 30.6 Å². The van der Waals surface area contributed by atoms with Gasteiger partial charge in [0, 0.05) is 43.3 Å². The average molecular weight is 535 g/mol. The third-order valence-electron chi connectivity index (χ3n) is 6.92. The first kappa shape index (κ1) is 25.2. The fourth-order valence-corrected chi connectivity index (χ4v) is 4.72. The molecule has 204 valence electrons. The van der Waals surface area contributed by atoms with Crippen LogP contribution in [0.4, 0.5) is 22.0 Å². The topological polar surface area (TPSA) is 121 Å². The molecular weight excluding hydrogens is 503 g/mol. The van der Waals surface area contributed by atoms with Gasteiger partial charge in [-0.15, -0.1) is 0 Å². The van der Waals surface area contributed by atoms with Gasteiger partial charge in [0.05, 0.1) is 30.1 Å². The van der Waals surface area contributed by atoms with Gasteiger partial charge in [0.1, 0.15) is 17.3 Å². The lowest BCUT2D eigenvalue weighted by Gasteiger charge is -2.22. The summed E-state index contributed by atoms with van der Waals surface area (Å²) in [5.74, 6) is 1.59. The second-order valence-corrected chi connectivity index (χ2v) is 11.1. The predicted molar refractivity (Wildman–Crippen MR) is 143 cm³/mol. The van der Waals surface area contributed by atoms with Crippen molar-refractivity contribution in [3.05, 3.63) is 42.1 Å². The smallest absolute Gasteiger partial charge is 0.228 e. The highest BCUT2D eigenvalue weighted by molar-refractivity contribution is 5.93. The molecule has 0 spiro atoms. The third-order valence-corrected chi connectivity index (χ3v) is 6.92. The normalized spacial score (nSPS) is 17.5. The van der Waals surface area contributed by atoms with Crippen LogP contribution in [0.5, 0.6) is 11.5 Å². The number of ether oxygens (including phenoxy) is 2. The molecule has 1 aliphatic heterocycles. The molecule has 2 fully saturated rings. The Labute approximate surface area is 224 Å². The molecule has 4 aromatic rings. The van der Waals surface area contributed by atoms with Crippen molar-refractivity contribution >= 4 is 34.7 Å². The standard InChI is InChI=1S/C27H31FN8O3/c1-27(2,3)22-21(28)24(34-36(22)16-8-10-38-14-16)33-26-32-23-19(35(26)4)11-18(13-30-23)39-17-7-9-29-20(12-17)31-25(37)15-5-6-15/h7,9,11-13,15-16H,5-6,8,10,14H2,1-4H3,(H,29,31,37)(H,30,32,33,34)/t16-/m0/s1. The van der Waals surface area contributed by atoms with Crippen LogP contribution in [0.3, 0.4) is 0 Å². The number of halogens is 1. The molecule has 2 N–H and O–H groups in total. The molecule has 1 saturated heterocycles. The SMILES string of the molecule is Cn1c(Nc2nn([C@H]3CCOC3)c(C(C)(C)C)c2F)nc2ncc(Oc3ccnc(NC(=O)C4CC4)c3)cc21. The quantitative estimate of drug-likeness (QED) is 0.345. The molecule has 1 aliphatic carbocycles. The fraction of sp³-hybridized carbons (Fsp3) is 0.444. The summed E-state index contributed by atoms with van der Waals surface area (Å²) in [4.78, 5) is 25.2. The van der Waals surface area contributed by atoms with Crippen molar-refractivity contribution in [1.29, 1.82) is 0 Å². The number of carbonyl (C=O) groups excluding carboxylic acids is 1. The zero-order chi connectivity index (χ0) is 27.3. The molecular formula is C27H31FN8O3. The molecule has 11 nitrogen and oxygen atoms in total. The van der Waals surface area contributed by atoms with Crippen LogP contribution in [0.2, 0.25) is 0 Å². The van der Waals surface area contributed by atoms with E-state index in [2.05, 4.69) is 30.7 Å². The highest BCUT2D eigenvalue weighted by atomic mass is 19.1. The van der Waals surface area contributed by atoms with Crippen molar-refractivity contribution in [2.45, 2.75) is 51.5 Å². The number of pyridine rings is 2. The Hall–Kier alpha value is -4.06. The number of aromatic nitrogens is 6. The second kappa shape index (κ2) is 9.60. The largest absolute Gasteiger partial charge is 0.455 e. The van der Waals surface area contributed by atoms with Crippen molar-refractivity contribution in [2.75, 3.05) is 23.8 Å². The molecule has 4 aromatic heterocycles. The van der Waals surface area contributed by atoms with E-state index in [4.69, 9.17) is 9.47 Å². The number of carbonyl (C=O) groups is 1. The molecule has 1 atom stereocenters. The molecule has 5 heterocycles. The summed E-state index contributed by atoms with van der Waals surface area (Å²) in [6, 6.07) is 5.16. The first-order valence-corrected chi connectivity index (χ1v) is 13.1. The van der Waals surface area contributed by atoms with Crippen LogP contribution >= 0.6 is 0 Å². The van der Waals surface area contributed by atoms with E-state index in [-0.39, 0.29) is 23.7 Å². The zero-order valence-electron chi connectivity index (χ0n) is 22.4. The maximum Gasteiger partial charge on any atom is 0.228 e. The number of anilines is 3. The van der Waals surface area contributed by atoms with E-state index in [0.717, 1.165) is 19.3 Å². The highest BCUT2D eigenvalue weighted by Gasteiger charge is 2.33. The van der Waals surface area contributed by atoms with E-state index in [1.54, 1.807) is 39.8 Å². The zero-order valence-corrected chi connectivity index (χ0v) is 22.4. The fourth-order valence-electron chi connectivity index (χ4n) is 4.72. The second-order valence-electron chi connectivity index (χ2n) is 11.1. The Morgan fingerprint density at radius 2 is 2.00 bits per heavy atom. The van der Waals surface area contributed by atoms with Crippen LogP contribution in [0, 0.1) is 11.7 Å². The van der Waals surface area contributed by atoms with E-state index in [9.17, 15) is 4.79 Å². The lowest BCUT2D eigenvalue weighted by molar-refractivity contribution is -0.117. The summed E-state index contributed by atoms with van der Waals surface area (Å²) >= 11 is 0. The number of imidazole rings is 1. The van der Waals surface area contributed by atoms with E-state index in [0.29, 0.717) is 53.3 Å². The first-order valence-electron chi connectivity index (χ1n) is 13.1. The summed E-state index contributed by atoms with van der Waals surface area (Å²) in [5.41, 5.74) is 1.23. The molecule has 6 rings (SSSR count). The van der Waals surface area contributed by atoms with Gasteiger partial charge in [-0.05, 0) is 25.3 Å². The minimum absolute atomic E-state index is 0.0122. The van der Waals surface area contributed by atoms with Gasteiger partial charge in [0.2, 0.25) is 11.9 Å². The van der Waals surface area contributed by atoms with Gasteiger partial charge >= 0.3 is 0 Å². The summed E-state index contributed by atoms with van der Waals surface area (Å²) < 4.78 is 30.8. The lowest BCUT2D eigenvalue weighted by atomic mass is 9.91. The Kier molecular flexibility index (Phi) is 6.21. The van der Waals surface area contributed by atoms with Gasteiger partial charge in [0.25, 0.3) is 0 Å². The summed E-state index contributed by atoms with van der Waals surface area (Å²) in [5, 5.41) is 10.5. The number of hydrogen-bond acceptors (Lipinski definition) is 8. The number of aryl methyl sites for hydroxylation is 1. The Bertz CT molecular complexity index is 1550. The van der Waals surface area contributed by atoms with Crippen LogP contribution in [-0.4, -0.2) is 48.4 Å². The highest BCUT2D eigenvalue weighted by Crippen LogP contribution is 2.35. The summed E-state index contributed by atoms with van der Waals surface area (Å²) in [6.07, 6.45) is 5.75. The lowest BCUT2D eigenvalue weighted by Crippen LogP contribution is -2.23. The molecule has 39 heavy (non-hydrogen) atoms. The number of amides is 1. The molecule has 0 unspecified atom stereocenters.